The van der Waals surface area contributed by atoms with Gasteiger partial charge >= 0.3 is 0 Å². The molecule has 0 saturated carbocycles. The first-order valence-electron chi connectivity index (χ1n) is 9.09. The fourth-order valence-corrected chi connectivity index (χ4v) is 3.22. The number of aliphatic imine (C=N–C) groups is 1. The van der Waals surface area contributed by atoms with E-state index in [1.165, 1.54) is 16.7 Å². The van der Waals surface area contributed by atoms with Gasteiger partial charge in [-0.2, -0.15) is 0 Å². The third-order valence-corrected chi connectivity index (χ3v) is 4.63. The summed E-state index contributed by atoms with van der Waals surface area (Å²) in [5.41, 5.74) is 3.95. The largest absolute Gasteiger partial charge is 0.354 e. The Morgan fingerprint density at radius 3 is 2.48 bits per heavy atom. The predicted molar refractivity (Wildman–Crippen MR) is 120 cm³/mol. The van der Waals surface area contributed by atoms with Crippen molar-refractivity contribution < 1.29 is 4.79 Å². The maximum Gasteiger partial charge on any atom is 0.239 e. The first-order chi connectivity index (χ1) is 12.8. The summed E-state index contributed by atoms with van der Waals surface area (Å²) < 4.78 is 0. The molecule has 6 heteroatoms. The van der Waals surface area contributed by atoms with Crippen LogP contribution in [0.4, 0.5) is 0 Å². The Morgan fingerprint density at radius 1 is 1.04 bits per heavy atom. The van der Waals surface area contributed by atoms with E-state index in [0.717, 1.165) is 31.9 Å². The van der Waals surface area contributed by atoms with Crippen molar-refractivity contribution in [2.45, 2.75) is 19.4 Å². The number of carbonyl (C=O) groups is 1. The van der Waals surface area contributed by atoms with Crippen molar-refractivity contribution in [1.82, 2.24) is 15.5 Å². The lowest BCUT2D eigenvalue weighted by atomic mass is 10.0. The van der Waals surface area contributed by atoms with Crippen molar-refractivity contribution in [2.75, 3.05) is 26.7 Å². The molecule has 144 valence electrons. The number of benzene rings is 2. The molecule has 0 spiro atoms. The van der Waals surface area contributed by atoms with E-state index in [-0.39, 0.29) is 36.4 Å². The molecule has 0 aromatic heterocycles. The molecule has 1 aliphatic heterocycles. The lowest BCUT2D eigenvalue weighted by molar-refractivity contribution is -0.120. The lowest BCUT2D eigenvalue weighted by Gasteiger charge is -2.31. The number of nitrogens with zero attached hydrogens (tertiary/aromatic N) is 2. The number of hydrogen-bond acceptors (Lipinski definition) is 2. The zero-order chi connectivity index (χ0) is 18.2. The molecule has 1 aliphatic rings. The first kappa shape index (κ1) is 21.2. The zero-order valence-corrected chi connectivity index (χ0v) is 18.0. The quantitative estimate of drug-likeness (QED) is 0.395. The van der Waals surface area contributed by atoms with E-state index >= 15 is 0 Å². The van der Waals surface area contributed by atoms with Gasteiger partial charge in [0.1, 0.15) is 0 Å². The van der Waals surface area contributed by atoms with Crippen LogP contribution in [0.15, 0.2) is 59.6 Å². The van der Waals surface area contributed by atoms with Crippen molar-refractivity contribution in [3.63, 3.8) is 0 Å². The Bertz CT molecular complexity index is 764. The second-order valence-electron chi connectivity index (χ2n) is 6.43. The number of hydrogen-bond donors (Lipinski definition) is 2. The van der Waals surface area contributed by atoms with E-state index in [0.29, 0.717) is 6.54 Å². The van der Waals surface area contributed by atoms with Gasteiger partial charge in [0.2, 0.25) is 5.91 Å². The van der Waals surface area contributed by atoms with Crippen molar-refractivity contribution in [2.24, 2.45) is 4.99 Å². The normalized spacial score (nSPS) is 13.4. The third-order valence-electron chi connectivity index (χ3n) is 4.63. The van der Waals surface area contributed by atoms with E-state index in [4.69, 9.17) is 0 Å². The molecule has 0 atom stereocenters. The molecule has 3 rings (SSSR count). The second kappa shape index (κ2) is 10.9. The average molecular weight is 478 g/mol. The minimum atomic E-state index is -0.0144. The smallest absolute Gasteiger partial charge is 0.239 e. The van der Waals surface area contributed by atoms with Gasteiger partial charge in [0.25, 0.3) is 0 Å². The summed E-state index contributed by atoms with van der Waals surface area (Å²) in [6, 6.07) is 18.7. The number of carbonyl (C=O) groups excluding carboxylic acids is 1. The van der Waals surface area contributed by atoms with Crippen LogP contribution in [-0.4, -0.2) is 43.4 Å². The van der Waals surface area contributed by atoms with Gasteiger partial charge in [0.15, 0.2) is 5.96 Å². The highest BCUT2D eigenvalue weighted by Gasteiger charge is 2.18. The van der Waals surface area contributed by atoms with E-state index in [9.17, 15) is 4.79 Å². The molecule has 1 heterocycles. The summed E-state index contributed by atoms with van der Waals surface area (Å²) in [6.45, 7) is 2.61. The summed E-state index contributed by atoms with van der Waals surface area (Å²) in [4.78, 5) is 18.6. The molecule has 1 amide bonds. The number of nitrogens with one attached hydrogen (secondary N) is 2. The monoisotopic (exact) mass is 478 g/mol. The predicted octanol–water partition coefficient (Wildman–Crippen LogP) is 2.60. The van der Waals surface area contributed by atoms with Gasteiger partial charge in [-0.15, -0.1) is 24.0 Å². The number of halogens is 1. The van der Waals surface area contributed by atoms with Crippen LogP contribution in [0, 0.1) is 0 Å². The molecule has 0 aliphatic carbocycles. The highest BCUT2D eigenvalue weighted by molar-refractivity contribution is 14.0. The van der Waals surface area contributed by atoms with Crippen molar-refractivity contribution >= 4 is 35.8 Å². The number of guanidine groups is 1. The van der Waals surface area contributed by atoms with Gasteiger partial charge in [-0.1, -0.05) is 54.6 Å². The van der Waals surface area contributed by atoms with Gasteiger partial charge in [0.05, 0.1) is 6.54 Å². The highest BCUT2D eigenvalue weighted by Crippen LogP contribution is 2.18. The maximum absolute atomic E-state index is 12.1. The Kier molecular flexibility index (Phi) is 8.57. The topological polar surface area (TPSA) is 56.7 Å². The molecule has 0 saturated heterocycles. The summed E-state index contributed by atoms with van der Waals surface area (Å²) in [5.74, 6) is 0.761. The van der Waals surface area contributed by atoms with Gasteiger partial charge in [-0.05, 0) is 29.5 Å². The number of rotatable bonds is 5. The van der Waals surface area contributed by atoms with E-state index in [1.807, 2.05) is 18.2 Å². The van der Waals surface area contributed by atoms with Crippen LogP contribution in [0.3, 0.4) is 0 Å². The maximum atomic E-state index is 12.1. The molecular formula is C21H27IN4O. The molecule has 0 fully saturated rings. The van der Waals surface area contributed by atoms with Gasteiger partial charge in [0, 0.05) is 26.7 Å². The molecule has 0 unspecified atom stereocenters. The molecule has 0 radical (unpaired) electrons. The van der Waals surface area contributed by atoms with Crippen molar-refractivity contribution in [1.29, 1.82) is 0 Å². The van der Waals surface area contributed by atoms with E-state index < -0.39 is 0 Å². The van der Waals surface area contributed by atoms with Crippen LogP contribution in [0.1, 0.15) is 16.7 Å². The third kappa shape index (κ3) is 6.23. The van der Waals surface area contributed by atoms with Crippen LogP contribution >= 0.6 is 24.0 Å². The van der Waals surface area contributed by atoms with Crippen LogP contribution < -0.4 is 10.6 Å². The standard InChI is InChI=1S/C21H26N4O.HI/c1-22-21(25-14-12-18-9-5-6-10-19(18)16-25)24-15-20(26)23-13-11-17-7-3-2-4-8-17;/h2-10H,11-16H2,1H3,(H,22,24)(H,23,26);1H. The molecule has 0 bridgehead atoms. The Hall–Kier alpha value is -2.09. The molecular weight excluding hydrogens is 451 g/mol. The first-order valence-corrected chi connectivity index (χ1v) is 9.09. The Labute approximate surface area is 178 Å². The SMILES string of the molecule is CN=C(NCC(=O)NCCc1ccccc1)N1CCc2ccccc2C1.I. The van der Waals surface area contributed by atoms with Crippen LogP contribution in [0.2, 0.25) is 0 Å². The van der Waals surface area contributed by atoms with Crippen LogP contribution in [-0.2, 0) is 24.2 Å². The average Bonchev–Trinajstić information content (AvgIpc) is 2.69. The Morgan fingerprint density at radius 2 is 1.74 bits per heavy atom. The number of amides is 1. The van der Waals surface area contributed by atoms with Crippen LogP contribution in [0.25, 0.3) is 0 Å². The zero-order valence-electron chi connectivity index (χ0n) is 15.6. The van der Waals surface area contributed by atoms with Gasteiger partial charge in [-0.3, -0.25) is 9.79 Å². The summed E-state index contributed by atoms with van der Waals surface area (Å²) in [5, 5.41) is 6.14. The summed E-state index contributed by atoms with van der Waals surface area (Å²) >= 11 is 0. The number of fused-ring (bicyclic) bond motifs is 1. The molecule has 2 aromatic rings. The van der Waals surface area contributed by atoms with Gasteiger partial charge in [-0.25, -0.2) is 0 Å². The molecule has 2 aromatic carbocycles. The second-order valence-corrected chi connectivity index (χ2v) is 6.43. The van der Waals surface area contributed by atoms with E-state index in [1.54, 1.807) is 7.05 Å². The minimum Gasteiger partial charge on any atom is -0.354 e. The fourth-order valence-electron chi connectivity index (χ4n) is 3.22. The lowest BCUT2D eigenvalue weighted by Crippen LogP contribution is -2.47. The van der Waals surface area contributed by atoms with Crippen LogP contribution in [0.5, 0.6) is 0 Å². The fraction of sp³-hybridized carbons (Fsp3) is 0.333. The Balaban J connectivity index is 0.00000261. The molecule has 27 heavy (non-hydrogen) atoms. The van der Waals surface area contributed by atoms with Crippen molar-refractivity contribution in [3.8, 4) is 0 Å². The summed E-state index contributed by atoms with van der Waals surface area (Å²) in [7, 11) is 1.76. The van der Waals surface area contributed by atoms with E-state index in [2.05, 4.69) is 56.9 Å². The van der Waals surface area contributed by atoms with Gasteiger partial charge < -0.3 is 15.5 Å². The minimum absolute atomic E-state index is 0. The highest BCUT2D eigenvalue weighted by atomic mass is 127. The molecule has 5 nitrogen and oxygen atoms in total. The summed E-state index contributed by atoms with van der Waals surface area (Å²) in [6.07, 6.45) is 1.84. The molecule has 2 N–H and O–H groups in total. The van der Waals surface area contributed by atoms with Crippen molar-refractivity contribution in [3.05, 3.63) is 71.3 Å².